The zero-order chi connectivity index (χ0) is 24.9. The lowest BCUT2D eigenvalue weighted by molar-refractivity contribution is -0.115. The molecule has 2 aromatic heterocycles. The molecule has 0 radical (unpaired) electrons. The number of thiophene rings is 1. The highest BCUT2D eigenvalue weighted by Crippen LogP contribution is 2.38. The van der Waals surface area contributed by atoms with Gasteiger partial charge in [-0.3, -0.25) is 9.59 Å². The predicted octanol–water partition coefficient (Wildman–Crippen LogP) is 7.09. The van der Waals surface area contributed by atoms with Crippen molar-refractivity contribution >= 4 is 67.3 Å². The molecule has 1 atom stereocenters. The topological polar surface area (TPSA) is 80.3 Å². The van der Waals surface area contributed by atoms with E-state index in [1.807, 2.05) is 84.2 Å². The monoisotopic (exact) mass is 531 g/mol. The molecule has 9 heteroatoms. The van der Waals surface area contributed by atoms with Crippen LogP contribution in [0.2, 0.25) is 0 Å². The first-order valence-corrected chi connectivity index (χ1v) is 13.6. The molecule has 0 aliphatic carbocycles. The fourth-order valence-corrected chi connectivity index (χ4v) is 6.05. The number of hydrogen-bond donors (Lipinski definition) is 2. The second kappa shape index (κ2) is 10.9. The van der Waals surface area contributed by atoms with Crippen LogP contribution in [-0.4, -0.2) is 23.9 Å². The van der Waals surface area contributed by atoms with E-state index in [4.69, 9.17) is 4.74 Å². The van der Waals surface area contributed by atoms with Crippen LogP contribution >= 0.6 is 34.4 Å². The zero-order valence-corrected chi connectivity index (χ0v) is 21.6. The van der Waals surface area contributed by atoms with Crippen LogP contribution in [0.1, 0.15) is 20.5 Å². The van der Waals surface area contributed by atoms with E-state index in [0.29, 0.717) is 15.7 Å². The summed E-state index contributed by atoms with van der Waals surface area (Å²) < 4.78 is 6.23. The Bertz CT molecular complexity index is 1480. The summed E-state index contributed by atoms with van der Waals surface area (Å²) in [6.45, 7) is 0. The summed E-state index contributed by atoms with van der Waals surface area (Å²) in [6.07, 6.45) is 0. The van der Waals surface area contributed by atoms with Gasteiger partial charge in [-0.2, -0.15) is 0 Å². The van der Waals surface area contributed by atoms with Crippen LogP contribution in [0, 0.1) is 0 Å². The Balaban J connectivity index is 1.33. The molecule has 5 aromatic rings. The average Bonchev–Trinajstić information content (AvgIpc) is 3.58. The van der Waals surface area contributed by atoms with E-state index in [0.717, 1.165) is 26.4 Å². The molecule has 2 N–H and O–H groups in total. The summed E-state index contributed by atoms with van der Waals surface area (Å²) >= 11 is 4.25. The molecule has 180 valence electrons. The second-order valence-electron chi connectivity index (χ2n) is 7.71. The van der Waals surface area contributed by atoms with Crippen molar-refractivity contribution in [3.8, 4) is 5.75 Å². The number of ether oxygens (including phenoxy) is 1. The van der Waals surface area contributed by atoms with Crippen molar-refractivity contribution in [2.75, 3.05) is 17.7 Å². The van der Waals surface area contributed by atoms with E-state index in [2.05, 4.69) is 15.6 Å². The van der Waals surface area contributed by atoms with Crippen molar-refractivity contribution in [1.29, 1.82) is 0 Å². The van der Waals surface area contributed by atoms with Gasteiger partial charge in [-0.1, -0.05) is 47.7 Å². The van der Waals surface area contributed by atoms with Gasteiger partial charge < -0.3 is 15.4 Å². The lowest BCUT2D eigenvalue weighted by Crippen LogP contribution is -2.18. The molecule has 0 spiro atoms. The van der Waals surface area contributed by atoms with Crippen molar-refractivity contribution in [1.82, 2.24) is 4.98 Å². The molecule has 2 heterocycles. The van der Waals surface area contributed by atoms with Gasteiger partial charge in [0.2, 0.25) is 5.91 Å². The number of methoxy groups -OCH3 is 1. The average molecular weight is 532 g/mol. The van der Waals surface area contributed by atoms with Gasteiger partial charge in [0.1, 0.15) is 11.0 Å². The molecule has 5 rings (SSSR count). The van der Waals surface area contributed by atoms with E-state index in [-0.39, 0.29) is 11.8 Å². The molecule has 6 nitrogen and oxygen atoms in total. The Hall–Kier alpha value is -3.66. The van der Waals surface area contributed by atoms with Crippen LogP contribution in [0.5, 0.6) is 5.75 Å². The highest BCUT2D eigenvalue weighted by atomic mass is 32.2. The number of hydrogen-bond acceptors (Lipinski definition) is 7. The zero-order valence-electron chi connectivity index (χ0n) is 19.1. The Morgan fingerprint density at radius 1 is 0.944 bits per heavy atom. The van der Waals surface area contributed by atoms with Crippen LogP contribution in [0.3, 0.4) is 0 Å². The number of anilines is 2. The Labute approximate surface area is 220 Å². The van der Waals surface area contributed by atoms with Crippen LogP contribution in [-0.2, 0) is 4.79 Å². The maximum Gasteiger partial charge on any atom is 0.265 e. The molecule has 0 saturated carbocycles. The van der Waals surface area contributed by atoms with Crippen LogP contribution < -0.4 is 15.4 Å². The Kier molecular flexibility index (Phi) is 7.31. The molecule has 0 saturated heterocycles. The minimum atomic E-state index is -0.487. The second-order valence-corrected chi connectivity index (χ2v) is 10.9. The number of thioether (sulfide) groups is 1. The number of rotatable bonds is 8. The predicted molar refractivity (Wildman–Crippen MR) is 149 cm³/mol. The summed E-state index contributed by atoms with van der Waals surface area (Å²) in [7, 11) is 1.62. The van der Waals surface area contributed by atoms with Crippen LogP contribution in [0.4, 0.5) is 10.8 Å². The Morgan fingerprint density at radius 3 is 2.47 bits per heavy atom. The van der Waals surface area contributed by atoms with E-state index in [9.17, 15) is 9.59 Å². The molecular formula is C27H21N3O3S3. The first kappa shape index (κ1) is 24.1. The number of carbonyl (C=O) groups is 2. The molecule has 0 bridgehead atoms. The smallest absolute Gasteiger partial charge is 0.265 e. The van der Waals surface area contributed by atoms with Crippen molar-refractivity contribution in [3.63, 3.8) is 0 Å². The van der Waals surface area contributed by atoms with Crippen molar-refractivity contribution < 1.29 is 14.3 Å². The maximum atomic E-state index is 13.4. The van der Waals surface area contributed by atoms with Crippen LogP contribution in [0.15, 0.2) is 95.2 Å². The largest absolute Gasteiger partial charge is 0.497 e. The SMILES string of the molecule is COc1ccc2nc(NC(=O)C(Sc3ccc(NC(=O)c4cccs4)cc3)c3ccccc3)sc2c1. The number of fused-ring (bicyclic) bond motifs is 1. The van der Waals surface area contributed by atoms with E-state index in [1.54, 1.807) is 13.2 Å². The summed E-state index contributed by atoms with van der Waals surface area (Å²) in [5.41, 5.74) is 2.39. The maximum absolute atomic E-state index is 13.4. The summed E-state index contributed by atoms with van der Waals surface area (Å²) in [6, 6.07) is 26.4. The minimum Gasteiger partial charge on any atom is -0.497 e. The third-order valence-corrected chi connectivity index (χ3v) is 8.35. The van der Waals surface area contributed by atoms with Gasteiger partial charge in [-0.15, -0.1) is 23.1 Å². The van der Waals surface area contributed by atoms with Crippen molar-refractivity contribution in [2.45, 2.75) is 10.1 Å². The Morgan fingerprint density at radius 2 is 1.75 bits per heavy atom. The number of amides is 2. The molecule has 0 aliphatic heterocycles. The quantitative estimate of drug-likeness (QED) is 0.209. The number of benzene rings is 3. The molecule has 36 heavy (non-hydrogen) atoms. The van der Waals surface area contributed by atoms with Gasteiger partial charge in [0.15, 0.2) is 5.13 Å². The van der Waals surface area contributed by atoms with E-state index < -0.39 is 5.25 Å². The first-order chi connectivity index (χ1) is 17.6. The summed E-state index contributed by atoms with van der Waals surface area (Å²) in [5, 5.41) is 7.81. The highest BCUT2D eigenvalue weighted by molar-refractivity contribution is 8.00. The lowest BCUT2D eigenvalue weighted by Gasteiger charge is -2.16. The van der Waals surface area contributed by atoms with Gasteiger partial charge in [-0.25, -0.2) is 4.98 Å². The lowest BCUT2D eigenvalue weighted by atomic mass is 10.1. The minimum absolute atomic E-state index is 0.139. The molecular weight excluding hydrogens is 511 g/mol. The van der Waals surface area contributed by atoms with Gasteiger partial charge in [0.25, 0.3) is 5.91 Å². The third-order valence-electron chi connectivity index (χ3n) is 5.28. The van der Waals surface area contributed by atoms with Gasteiger partial charge in [0.05, 0.1) is 22.2 Å². The van der Waals surface area contributed by atoms with Crippen molar-refractivity contribution in [2.24, 2.45) is 0 Å². The molecule has 3 aromatic carbocycles. The standard InChI is InChI=1S/C27H21N3O3S3/c1-33-19-11-14-21-23(16-19)36-27(29-21)30-26(32)24(17-6-3-2-4-7-17)35-20-12-9-18(10-13-20)28-25(31)22-8-5-15-34-22/h2-16,24H,1H3,(H,28,31)(H,29,30,32). The number of aromatic nitrogens is 1. The number of nitrogens with one attached hydrogen (secondary N) is 2. The molecule has 0 fully saturated rings. The fraction of sp³-hybridized carbons (Fsp3) is 0.0741. The van der Waals surface area contributed by atoms with Crippen molar-refractivity contribution in [3.05, 3.63) is 101 Å². The fourth-order valence-electron chi connectivity index (χ4n) is 3.51. The van der Waals surface area contributed by atoms with E-state index in [1.165, 1.54) is 34.4 Å². The molecule has 0 aliphatic rings. The number of nitrogens with zero attached hydrogens (tertiary/aromatic N) is 1. The molecule has 2 amide bonds. The van der Waals surface area contributed by atoms with Gasteiger partial charge in [-0.05, 0) is 59.5 Å². The van der Waals surface area contributed by atoms with Gasteiger partial charge >= 0.3 is 0 Å². The van der Waals surface area contributed by atoms with Crippen LogP contribution in [0.25, 0.3) is 10.2 Å². The van der Waals surface area contributed by atoms with E-state index >= 15 is 0 Å². The first-order valence-electron chi connectivity index (χ1n) is 11.0. The van der Waals surface area contributed by atoms with Gasteiger partial charge in [0, 0.05) is 10.6 Å². The normalized spacial score (nSPS) is 11.7. The summed E-state index contributed by atoms with van der Waals surface area (Å²) in [4.78, 5) is 31.8. The summed E-state index contributed by atoms with van der Waals surface area (Å²) in [5.74, 6) is 0.449. The molecule has 1 unspecified atom stereocenters. The third kappa shape index (κ3) is 5.59. The number of carbonyl (C=O) groups excluding carboxylic acids is 2. The highest BCUT2D eigenvalue weighted by Gasteiger charge is 2.23. The number of thiazole rings is 1.